The first-order valence-corrected chi connectivity index (χ1v) is 6.06. The van der Waals surface area contributed by atoms with Gasteiger partial charge in [0.15, 0.2) is 0 Å². The quantitative estimate of drug-likeness (QED) is 0.496. The Morgan fingerprint density at radius 2 is 1.82 bits per heavy atom. The second kappa shape index (κ2) is 6.29. The first-order valence-electron chi connectivity index (χ1n) is 4.93. The largest absolute Gasteiger partial charge is 0.478 e. The molecular weight excluding hydrogens is 280 g/mol. The Morgan fingerprint density at radius 1 is 1.24 bits per heavy atom. The van der Waals surface area contributed by atoms with Gasteiger partial charge in [0.25, 0.3) is 3.79 Å². The zero-order valence-electron chi connectivity index (χ0n) is 9.05. The Kier molecular flexibility index (Phi) is 5.31. The van der Waals surface area contributed by atoms with Gasteiger partial charge in [0.1, 0.15) is 0 Å². The zero-order valence-corrected chi connectivity index (χ0v) is 11.3. The average Bonchev–Trinajstić information content (AvgIpc) is 2.28. The summed E-state index contributed by atoms with van der Waals surface area (Å²) >= 11 is 16.4. The summed E-state index contributed by atoms with van der Waals surface area (Å²) < 4.78 is 3.23. The highest BCUT2D eigenvalue weighted by Crippen LogP contribution is 2.28. The summed E-state index contributed by atoms with van der Waals surface area (Å²) in [7, 11) is 0. The number of rotatable bonds is 4. The molecule has 0 bridgehead atoms. The summed E-state index contributed by atoms with van der Waals surface area (Å²) in [5.74, 6) is -0.372. The zero-order chi connectivity index (χ0) is 12.9. The van der Waals surface area contributed by atoms with E-state index in [1.807, 2.05) is 30.3 Å². The minimum absolute atomic E-state index is 0.264. The molecule has 0 aliphatic carbocycles. The van der Waals surface area contributed by atoms with E-state index in [0.717, 1.165) is 11.1 Å². The van der Waals surface area contributed by atoms with Crippen LogP contribution >= 0.6 is 34.8 Å². The van der Waals surface area contributed by atoms with E-state index in [1.165, 1.54) is 0 Å². The number of ether oxygens (including phenoxy) is 1. The van der Waals surface area contributed by atoms with Crippen LogP contribution in [-0.2, 0) is 4.74 Å². The fourth-order valence-corrected chi connectivity index (χ4v) is 1.34. The Hall–Kier alpha value is -0.700. The van der Waals surface area contributed by atoms with Crippen LogP contribution in [0.3, 0.4) is 0 Å². The highest BCUT2D eigenvalue weighted by Gasteiger charge is 2.28. The fourth-order valence-electron chi connectivity index (χ4n) is 1.18. The van der Waals surface area contributed by atoms with E-state index in [0.29, 0.717) is 6.42 Å². The molecule has 0 aliphatic rings. The standard InChI is InChI=1S/C12H12Cl3NO/c1-9(10-5-3-2-4-6-10)7-8-17-11(16)12(13,14)15/h2-6,16H,1,7-8H2. The van der Waals surface area contributed by atoms with Crippen molar-refractivity contribution in [2.75, 3.05) is 6.61 Å². The third kappa shape index (κ3) is 4.99. The lowest BCUT2D eigenvalue weighted by molar-refractivity contribution is 0.305. The Labute approximate surface area is 116 Å². The predicted octanol–water partition coefficient (Wildman–Crippen LogP) is 4.45. The van der Waals surface area contributed by atoms with Crippen LogP contribution in [0.2, 0.25) is 0 Å². The molecule has 0 saturated carbocycles. The number of hydrogen-bond acceptors (Lipinski definition) is 2. The van der Waals surface area contributed by atoms with Crippen LogP contribution in [0.15, 0.2) is 36.9 Å². The van der Waals surface area contributed by atoms with Gasteiger partial charge in [-0.1, -0.05) is 71.7 Å². The summed E-state index contributed by atoms with van der Waals surface area (Å²) in [4.78, 5) is 0. The highest BCUT2D eigenvalue weighted by atomic mass is 35.6. The number of alkyl halides is 3. The van der Waals surface area contributed by atoms with Gasteiger partial charge in [-0.15, -0.1) is 0 Å². The summed E-state index contributed by atoms with van der Waals surface area (Å²) in [5.41, 5.74) is 1.96. The normalized spacial score (nSPS) is 11.0. The van der Waals surface area contributed by atoms with Gasteiger partial charge in [-0.2, -0.15) is 0 Å². The van der Waals surface area contributed by atoms with Crippen LogP contribution in [0, 0.1) is 5.41 Å². The van der Waals surface area contributed by atoms with Gasteiger partial charge in [-0.05, 0) is 11.1 Å². The Morgan fingerprint density at radius 3 is 2.35 bits per heavy atom. The lowest BCUT2D eigenvalue weighted by Gasteiger charge is -2.14. The van der Waals surface area contributed by atoms with E-state index in [9.17, 15) is 0 Å². The van der Waals surface area contributed by atoms with E-state index >= 15 is 0 Å². The summed E-state index contributed by atoms with van der Waals surface area (Å²) in [6.45, 7) is 4.20. The molecular formula is C12H12Cl3NO. The monoisotopic (exact) mass is 291 g/mol. The smallest absolute Gasteiger partial charge is 0.265 e. The molecule has 92 valence electrons. The van der Waals surface area contributed by atoms with Gasteiger partial charge in [0, 0.05) is 6.42 Å². The molecule has 5 heteroatoms. The van der Waals surface area contributed by atoms with Crippen molar-refractivity contribution in [2.45, 2.75) is 10.2 Å². The maximum atomic E-state index is 7.34. The van der Waals surface area contributed by atoms with E-state index in [-0.39, 0.29) is 12.5 Å². The highest BCUT2D eigenvalue weighted by molar-refractivity contribution is 6.76. The molecule has 0 atom stereocenters. The second-order valence-corrected chi connectivity index (χ2v) is 5.68. The van der Waals surface area contributed by atoms with E-state index in [2.05, 4.69) is 6.58 Å². The van der Waals surface area contributed by atoms with Crippen molar-refractivity contribution in [1.82, 2.24) is 0 Å². The van der Waals surface area contributed by atoms with Gasteiger partial charge < -0.3 is 4.74 Å². The fraction of sp³-hybridized carbons (Fsp3) is 0.250. The van der Waals surface area contributed by atoms with Gasteiger partial charge in [0.05, 0.1) is 6.61 Å². The van der Waals surface area contributed by atoms with E-state index in [1.54, 1.807) is 0 Å². The molecule has 0 unspecified atom stereocenters. The van der Waals surface area contributed by atoms with Crippen LogP contribution < -0.4 is 0 Å². The van der Waals surface area contributed by atoms with Crippen molar-refractivity contribution in [3.8, 4) is 0 Å². The molecule has 0 spiro atoms. The molecule has 0 amide bonds. The van der Waals surface area contributed by atoms with Gasteiger partial charge >= 0.3 is 0 Å². The average molecular weight is 293 g/mol. The topological polar surface area (TPSA) is 33.1 Å². The van der Waals surface area contributed by atoms with E-state index < -0.39 is 3.79 Å². The molecule has 1 aromatic rings. The van der Waals surface area contributed by atoms with Crippen molar-refractivity contribution in [2.24, 2.45) is 0 Å². The van der Waals surface area contributed by atoms with Crippen LogP contribution in [-0.4, -0.2) is 16.3 Å². The summed E-state index contributed by atoms with van der Waals surface area (Å²) in [6.07, 6.45) is 0.577. The van der Waals surface area contributed by atoms with Crippen molar-refractivity contribution in [3.63, 3.8) is 0 Å². The summed E-state index contributed by atoms with van der Waals surface area (Å²) in [6, 6.07) is 9.73. The first-order chi connectivity index (χ1) is 7.91. The first kappa shape index (κ1) is 14.4. The molecule has 0 heterocycles. The number of benzene rings is 1. The maximum Gasteiger partial charge on any atom is 0.265 e. The number of halogens is 3. The molecule has 0 aliphatic heterocycles. The number of nitrogens with one attached hydrogen (secondary N) is 1. The van der Waals surface area contributed by atoms with Crippen LogP contribution in [0.4, 0.5) is 0 Å². The molecule has 1 N–H and O–H groups in total. The van der Waals surface area contributed by atoms with Crippen molar-refractivity contribution in [3.05, 3.63) is 42.5 Å². The molecule has 0 fully saturated rings. The molecule has 1 aromatic carbocycles. The molecule has 0 saturated heterocycles. The Balaban J connectivity index is 2.38. The van der Waals surface area contributed by atoms with Crippen LogP contribution in [0.25, 0.3) is 5.57 Å². The van der Waals surface area contributed by atoms with Crippen molar-refractivity contribution >= 4 is 46.3 Å². The van der Waals surface area contributed by atoms with Crippen LogP contribution in [0.5, 0.6) is 0 Å². The third-order valence-electron chi connectivity index (χ3n) is 2.09. The predicted molar refractivity (Wildman–Crippen MR) is 74.1 cm³/mol. The molecule has 0 radical (unpaired) electrons. The third-order valence-corrected chi connectivity index (χ3v) is 2.60. The molecule has 1 rings (SSSR count). The van der Waals surface area contributed by atoms with E-state index in [4.69, 9.17) is 44.9 Å². The van der Waals surface area contributed by atoms with Crippen molar-refractivity contribution in [1.29, 1.82) is 5.41 Å². The maximum absolute atomic E-state index is 7.34. The SMILES string of the molecule is C=C(CCOC(=N)C(Cl)(Cl)Cl)c1ccccc1. The molecule has 17 heavy (non-hydrogen) atoms. The second-order valence-electron chi connectivity index (χ2n) is 3.39. The lowest BCUT2D eigenvalue weighted by Crippen LogP contribution is -2.21. The minimum Gasteiger partial charge on any atom is -0.478 e. The van der Waals surface area contributed by atoms with Gasteiger partial charge in [0.2, 0.25) is 5.90 Å². The molecule has 2 nitrogen and oxygen atoms in total. The number of hydrogen-bond donors (Lipinski definition) is 1. The van der Waals surface area contributed by atoms with Crippen LogP contribution in [0.1, 0.15) is 12.0 Å². The summed E-state index contributed by atoms with van der Waals surface area (Å²) in [5, 5.41) is 7.34. The van der Waals surface area contributed by atoms with Gasteiger partial charge in [-0.3, -0.25) is 5.41 Å². The van der Waals surface area contributed by atoms with Gasteiger partial charge in [-0.25, -0.2) is 0 Å². The lowest BCUT2D eigenvalue weighted by atomic mass is 10.1. The minimum atomic E-state index is -1.80. The molecule has 0 aromatic heterocycles. The Bertz CT molecular complexity index is 398. The van der Waals surface area contributed by atoms with Crippen molar-refractivity contribution < 1.29 is 4.74 Å².